The second-order valence-corrected chi connectivity index (χ2v) is 7.65. The highest BCUT2D eigenvalue weighted by molar-refractivity contribution is 9.11. The van der Waals surface area contributed by atoms with Gasteiger partial charge < -0.3 is 4.74 Å². The van der Waals surface area contributed by atoms with Crippen molar-refractivity contribution in [1.82, 2.24) is 5.43 Å². The van der Waals surface area contributed by atoms with Crippen molar-refractivity contribution < 1.29 is 9.53 Å². The van der Waals surface area contributed by atoms with Crippen LogP contribution in [0, 0.1) is 13.8 Å². The summed E-state index contributed by atoms with van der Waals surface area (Å²) in [5.41, 5.74) is 3.39. The van der Waals surface area contributed by atoms with Crippen molar-refractivity contribution in [3.05, 3.63) is 48.5 Å². The lowest BCUT2D eigenvalue weighted by Gasteiger charge is -2.10. The van der Waals surface area contributed by atoms with Gasteiger partial charge in [-0.2, -0.15) is 5.10 Å². The predicted molar refractivity (Wildman–Crippen MR) is 96.9 cm³/mol. The maximum atomic E-state index is 11.7. The van der Waals surface area contributed by atoms with E-state index in [1.165, 1.54) is 4.88 Å². The Morgan fingerprint density at radius 2 is 2.14 bits per heavy atom. The zero-order chi connectivity index (χ0) is 16.1. The van der Waals surface area contributed by atoms with Crippen LogP contribution in [0.3, 0.4) is 0 Å². The molecule has 1 N–H and O–H groups in total. The van der Waals surface area contributed by atoms with Gasteiger partial charge in [0.25, 0.3) is 5.91 Å². The van der Waals surface area contributed by atoms with Crippen molar-refractivity contribution in [2.45, 2.75) is 13.8 Å². The van der Waals surface area contributed by atoms with Crippen LogP contribution in [0.4, 0.5) is 0 Å². The van der Waals surface area contributed by atoms with Crippen LogP contribution in [-0.4, -0.2) is 18.7 Å². The quantitative estimate of drug-likeness (QED) is 0.547. The maximum absolute atomic E-state index is 11.7. The molecule has 1 amide bonds. The van der Waals surface area contributed by atoms with E-state index in [0.29, 0.717) is 5.75 Å². The number of hydrogen-bond donors (Lipinski definition) is 1. The van der Waals surface area contributed by atoms with Crippen molar-refractivity contribution in [2.24, 2.45) is 5.10 Å². The summed E-state index contributed by atoms with van der Waals surface area (Å²) in [5.74, 6) is 0.343. The molecule has 0 unspecified atom stereocenters. The number of amides is 1. The molecular weight excluding hydrogens is 432 g/mol. The fourth-order valence-corrected chi connectivity index (χ4v) is 4.04. The molecule has 2 rings (SSSR count). The maximum Gasteiger partial charge on any atom is 0.277 e. The Bertz CT molecular complexity index is 690. The number of carbonyl (C=O) groups excluding carboxylic acids is 1. The third-order valence-corrected chi connectivity index (χ3v) is 4.67. The highest BCUT2D eigenvalue weighted by atomic mass is 79.9. The van der Waals surface area contributed by atoms with Crippen LogP contribution in [-0.2, 0) is 4.79 Å². The second-order valence-electron chi connectivity index (χ2n) is 4.56. The van der Waals surface area contributed by atoms with Crippen molar-refractivity contribution >= 4 is 55.3 Å². The Hall–Kier alpha value is -1.18. The molecule has 2 aromatic rings. The molecule has 0 saturated heterocycles. The summed E-state index contributed by atoms with van der Waals surface area (Å²) >= 11 is 8.43. The van der Waals surface area contributed by atoms with Crippen LogP contribution >= 0.6 is 43.2 Å². The number of benzene rings is 1. The lowest BCUT2D eigenvalue weighted by atomic mass is 10.2. The van der Waals surface area contributed by atoms with E-state index in [9.17, 15) is 4.79 Å². The lowest BCUT2D eigenvalue weighted by Crippen LogP contribution is -2.24. The first-order valence-electron chi connectivity index (χ1n) is 6.42. The summed E-state index contributed by atoms with van der Waals surface area (Å²) in [6, 6.07) is 7.76. The number of carbonyl (C=O) groups is 1. The summed E-state index contributed by atoms with van der Waals surface area (Å²) in [7, 11) is 0. The summed E-state index contributed by atoms with van der Waals surface area (Å²) < 4.78 is 7.28. The van der Waals surface area contributed by atoms with Crippen LogP contribution < -0.4 is 10.2 Å². The Labute approximate surface area is 149 Å². The molecule has 4 nitrogen and oxygen atoms in total. The van der Waals surface area contributed by atoms with Gasteiger partial charge in [0.15, 0.2) is 6.61 Å². The van der Waals surface area contributed by atoms with Gasteiger partial charge in [0, 0.05) is 14.2 Å². The van der Waals surface area contributed by atoms with E-state index in [1.807, 2.05) is 38.1 Å². The SMILES string of the molecule is Cc1ccc(/C=N/NC(=O)COc2c(C)cc(Br)cc2Br)s1. The molecule has 1 aromatic carbocycles. The number of aryl methyl sites for hydroxylation is 2. The van der Waals surface area contributed by atoms with Gasteiger partial charge in [-0.3, -0.25) is 4.79 Å². The van der Waals surface area contributed by atoms with E-state index >= 15 is 0 Å². The molecule has 0 radical (unpaired) electrons. The molecule has 0 aliphatic carbocycles. The molecule has 1 aromatic heterocycles. The molecule has 22 heavy (non-hydrogen) atoms. The number of hydrazone groups is 1. The largest absolute Gasteiger partial charge is 0.482 e. The van der Waals surface area contributed by atoms with Gasteiger partial charge in [-0.1, -0.05) is 15.9 Å². The first kappa shape index (κ1) is 17.2. The average molecular weight is 446 g/mol. The zero-order valence-electron chi connectivity index (χ0n) is 12.0. The van der Waals surface area contributed by atoms with E-state index in [2.05, 4.69) is 42.4 Å². The highest BCUT2D eigenvalue weighted by Gasteiger charge is 2.09. The van der Waals surface area contributed by atoms with E-state index in [-0.39, 0.29) is 12.5 Å². The molecule has 1 heterocycles. The van der Waals surface area contributed by atoms with Crippen molar-refractivity contribution in [3.63, 3.8) is 0 Å². The molecular formula is C15H14Br2N2O2S. The molecule has 0 aliphatic heterocycles. The second kappa shape index (κ2) is 7.89. The van der Waals surface area contributed by atoms with E-state index < -0.39 is 0 Å². The smallest absolute Gasteiger partial charge is 0.277 e. The van der Waals surface area contributed by atoms with E-state index in [1.54, 1.807) is 17.6 Å². The molecule has 0 aliphatic rings. The average Bonchev–Trinajstić information content (AvgIpc) is 2.83. The summed E-state index contributed by atoms with van der Waals surface area (Å²) in [4.78, 5) is 13.9. The standard InChI is InChI=1S/C15H14Br2N2O2S/c1-9-5-11(16)6-13(17)15(9)21-8-14(20)19-18-7-12-4-3-10(2)22-12/h3-7H,8H2,1-2H3,(H,19,20)/b18-7+. The molecule has 7 heteroatoms. The number of rotatable bonds is 5. The van der Waals surface area contributed by atoms with Crippen molar-refractivity contribution in [3.8, 4) is 5.75 Å². The van der Waals surface area contributed by atoms with Crippen LogP contribution in [0.2, 0.25) is 0 Å². The normalized spacial score (nSPS) is 10.9. The minimum atomic E-state index is -0.307. The zero-order valence-corrected chi connectivity index (χ0v) is 16.0. The van der Waals surface area contributed by atoms with Crippen LogP contribution in [0.5, 0.6) is 5.75 Å². The summed E-state index contributed by atoms with van der Waals surface area (Å²) in [6.07, 6.45) is 1.62. The molecule has 0 bridgehead atoms. The Morgan fingerprint density at radius 1 is 1.36 bits per heavy atom. The fourth-order valence-electron chi connectivity index (χ4n) is 1.73. The molecule has 0 spiro atoms. The van der Waals surface area contributed by atoms with Gasteiger partial charge in [-0.05, 0) is 59.6 Å². The third-order valence-electron chi connectivity index (χ3n) is 2.68. The number of nitrogens with one attached hydrogen (secondary N) is 1. The Morgan fingerprint density at radius 3 is 2.77 bits per heavy atom. The van der Waals surface area contributed by atoms with Gasteiger partial charge in [0.05, 0.1) is 10.7 Å². The van der Waals surface area contributed by atoms with Gasteiger partial charge in [0.1, 0.15) is 5.75 Å². The molecule has 0 atom stereocenters. The van der Waals surface area contributed by atoms with Crippen LogP contribution in [0.15, 0.2) is 38.3 Å². The Balaban J connectivity index is 1.87. The summed E-state index contributed by atoms with van der Waals surface area (Å²) in [5, 5.41) is 3.91. The highest BCUT2D eigenvalue weighted by Crippen LogP contribution is 2.32. The first-order chi connectivity index (χ1) is 10.5. The number of halogens is 2. The monoisotopic (exact) mass is 444 g/mol. The van der Waals surface area contributed by atoms with Gasteiger partial charge >= 0.3 is 0 Å². The third kappa shape index (κ3) is 4.93. The van der Waals surface area contributed by atoms with Gasteiger partial charge in [-0.25, -0.2) is 5.43 Å². The topological polar surface area (TPSA) is 50.7 Å². The van der Waals surface area contributed by atoms with Crippen LogP contribution in [0.1, 0.15) is 15.3 Å². The number of hydrogen-bond acceptors (Lipinski definition) is 4. The van der Waals surface area contributed by atoms with Crippen molar-refractivity contribution in [2.75, 3.05) is 6.61 Å². The summed E-state index contributed by atoms with van der Waals surface area (Å²) in [6.45, 7) is 3.84. The molecule has 0 fully saturated rings. The number of thiophene rings is 1. The minimum absolute atomic E-state index is 0.0954. The van der Waals surface area contributed by atoms with Gasteiger partial charge in [-0.15, -0.1) is 11.3 Å². The predicted octanol–water partition coefficient (Wildman–Crippen LogP) is 4.42. The van der Waals surface area contributed by atoms with Crippen molar-refractivity contribution in [1.29, 1.82) is 0 Å². The van der Waals surface area contributed by atoms with E-state index in [4.69, 9.17) is 4.74 Å². The number of nitrogens with zero attached hydrogens (tertiary/aromatic N) is 1. The number of ether oxygens (including phenoxy) is 1. The van der Waals surface area contributed by atoms with E-state index in [0.717, 1.165) is 19.4 Å². The van der Waals surface area contributed by atoms with Crippen LogP contribution in [0.25, 0.3) is 0 Å². The minimum Gasteiger partial charge on any atom is -0.482 e. The molecule has 116 valence electrons. The Kier molecular flexibility index (Phi) is 6.16. The van der Waals surface area contributed by atoms with Gasteiger partial charge in [0.2, 0.25) is 0 Å². The fraction of sp³-hybridized carbons (Fsp3) is 0.200. The lowest BCUT2D eigenvalue weighted by molar-refractivity contribution is -0.123. The first-order valence-corrected chi connectivity index (χ1v) is 8.83. The molecule has 0 saturated carbocycles.